The zero-order valence-corrected chi connectivity index (χ0v) is 16.4. The fraction of sp³-hybridized carbons (Fsp3) is 0.579. The van der Waals surface area contributed by atoms with Crippen LogP contribution in [0.1, 0.15) is 57.0 Å². The van der Waals surface area contributed by atoms with Gasteiger partial charge in [0.15, 0.2) is 11.5 Å². The van der Waals surface area contributed by atoms with Crippen LogP contribution in [-0.4, -0.2) is 42.7 Å². The maximum absolute atomic E-state index is 5.68. The molecule has 3 heterocycles. The van der Waals surface area contributed by atoms with Crippen LogP contribution >= 0.6 is 0 Å². The molecule has 0 aromatic carbocycles. The molecule has 1 aliphatic rings. The summed E-state index contributed by atoms with van der Waals surface area (Å²) in [6.45, 7) is 7.01. The van der Waals surface area contributed by atoms with Crippen LogP contribution in [0, 0.1) is 6.92 Å². The quantitative estimate of drug-likeness (QED) is 0.712. The molecule has 0 aliphatic heterocycles. The van der Waals surface area contributed by atoms with Gasteiger partial charge in [0.2, 0.25) is 0 Å². The number of anilines is 2. The van der Waals surface area contributed by atoms with Crippen molar-refractivity contribution in [2.24, 2.45) is 0 Å². The number of H-pyrrole nitrogens is 1. The van der Waals surface area contributed by atoms with Crippen LogP contribution in [0.2, 0.25) is 0 Å². The number of aryl methyl sites for hydroxylation is 2. The van der Waals surface area contributed by atoms with Crippen molar-refractivity contribution in [2.45, 2.75) is 64.5 Å². The largest absolute Gasteiger partial charge is 0.379 e. The Kier molecular flexibility index (Phi) is 4.59. The van der Waals surface area contributed by atoms with Gasteiger partial charge in [-0.3, -0.25) is 5.10 Å². The summed E-state index contributed by atoms with van der Waals surface area (Å²) in [4.78, 5) is 9.77. The van der Waals surface area contributed by atoms with E-state index in [0.717, 1.165) is 66.4 Å². The van der Waals surface area contributed by atoms with Gasteiger partial charge >= 0.3 is 0 Å². The number of aromatic nitrogens is 6. The molecule has 0 saturated heterocycles. The number of nitrogens with zero attached hydrogens (tertiary/aromatic N) is 5. The first kappa shape index (κ1) is 17.9. The van der Waals surface area contributed by atoms with Crippen molar-refractivity contribution in [3.63, 3.8) is 0 Å². The molecule has 0 spiro atoms. The Balaban J connectivity index is 1.70. The lowest BCUT2D eigenvalue weighted by molar-refractivity contribution is -0.0276. The molecule has 0 amide bonds. The third kappa shape index (κ3) is 3.41. The van der Waals surface area contributed by atoms with Crippen LogP contribution in [0.5, 0.6) is 0 Å². The molecule has 144 valence electrons. The molecule has 3 aromatic rings. The van der Waals surface area contributed by atoms with Crippen LogP contribution < -0.4 is 5.32 Å². The van der Waals surface area contributed by atoms with Gasteiger partial charge in [0.25, 0.3) is 0 Å². The highest BCUT2D eigenvalue weighted by molar-refractivity contribution is 5.88. The number of fused-ring (bicyclic) bond motifs is 1. The van der Waals surface area contributed by atoms with Crippen LogP contribution in [0.3, 0.4) is 0 Å². The fourth-order valence-corrected chi connectivity index (χ4v) is 3.78. The highest BCUT2D eigenvalue weighted by Gasteiger charge is 2.33. The molecule has 0 unspecified atom stereocenters. The minimum Gasteiger partial charge on any atom is -0.379 e. The van der Waals surface area contributed by atoms with Gasteiger partial charge in [0.1, 0.15) is 11.6 Å². The van der Waals surface area contributed by atoms with Crippen LogP contribution in [0.15, 0.2) is 12.3 Å². The van der Waals surface area contributed by atoms with Gasteiger partial charge in [0.05, 0.1) is 17.2 Å². The molecule has 3 aromatic heterocycles. The zero-order chi connectivity index (χ0) is 19.0. The van der Waals surface area contributed by atoms with E-state index in [9.17, 15) is 0 Å². The summed E-state index contributed by atoms with van der Waals surface area (Å²) in [5, 5.41) is 16.0. The number of nitrogens with one attached hydrogen (secondary N) is 2. The van der Waals surface area contributed by atoms with Crippen molar-refractivity contribution >= 4 is 22.7 Å². The van der Waals surface area contributed by atoms with Gasteiger partial charge in [-0.25, -0.2) is 14.6 Å². The van der Waals surface area contributed by atoms with E-state index >= 15 is 0 Å². The molecule has 1 saturated carbocycles. The Morgan fingerprint density at radius 3 is 2.74 bits per heavy atom. The summed E-state index contributed by atoms with van der Waals surface area (Å²) >= 11 is 0. The molecule has 1 fully saturated rings. The first-order chi connectivity index (χ1) is 13.0. The number of methoxy groups -OCH3 is 1. The number of ether oxygens (including phenoxy) is 1. The minimum atomic E-state index is -0.0283. The molecule has 1 aliphatic carbocycles. The van der Waals surface area contributed by atoms with E-state index in [2.05, 4.69) is 34.5 Å². The van der Waals surface area contributed by atoms with E-state index in [1.807, 2.05) is 23.9 Å². The van der Waals surface area contributed by atoms with E-state index in [1.165, 1.54) is 0 Å². The monoisotopic (exact) mass is 369 g/mol. The highest BCUT2D eigenvalue weighted by Crippen LogP contribution is 2.39. The predicted molar refractivity (Wildman–Crippen MR) is 104 cm³/mol. The second-order valence-electron chi connectivity index (χ2n) is 7.62. The van der Waals surface area contributed by atoms with Crippen molar-refractivity contribution in [1.29, 1.82) is 0 Å². The molecule has 4 rings (SSSR count). The number of rotatable bonds is 5. The van der Waals surface area contributed by atoms with E-state index in [1.54, 1.807) is 7.11 Å². The minimum absolute atomic E-state index is 0.0283. The normalized spacial score (nSPS) is 23.0. The molecule has 8 nitrogen and oxygen atoms in total. The van der Waals surface area contributed by atoms with E-state index in [4.69, 9.17) is 14.7 Å². The van der Waals surface area contributed by atoms with Crippen LogP contribution in [0.25, 0.3) is 11.0 Å². The van der Waals surface area contributed by atoms with Crippen molar-refractivity contribution in [3.05, 3.63) is 23.8 Å². The number of hydrogen-bond acceptors (Lipinski definition) is 6. The van der Waals surface area contributed by atoms with Gasteiger partial charge in [-0.15, -0.1) is 0 Å². The lowest BCUT2D eigenvalue weighted by Crippen LogP contribution is -2.32. The molecule has 0 bridgehead atoms. The van der Waals surface area contributed by atoms with Crippen molar-refractivity contribution in [2.75, 3.05) is 12.4 Å². The first-order valence-corrected chi connectivity index (χ1v) is 9.59. The van der Waals surface area contributed by atoms with E-state index in [-0.39, 0.29) is 5.60 Å². The Morgan fingerprint density at radius 1 is 1.33 bits per heavy atom. The summed E-state index contributed by atoms with van der Waals surface area (Å²) in [7, 11) is 1.80. The highest BCUT2D eigenvalue weighted by atomic mass is 16.5. The standard InChI is InChI=1S/C19H27N7O/c1-5-26-18-14(11-20-26)17(21-15-10-12(2)24-25-15)22-16(23-18)13-6-8-19(3,27-4)9-7-13/h10-11,13H,5-9H2,1-4H3,(H2,21,22,23,24,25). The van der Waals surface area contributed by atoms with E-state index in [0.29, 0.717) is 5.92 Å². The SMILES string of the molecule is CCn1ncc2c(Nc3cc(C)[nH]n3)nc(C3CCC(C)(OC)CC3)nc21. The molecule has 2 N–H and O–H groups in total. The third-order valence-corrected chi connectivity index (χ3v) is 5.67. The molecule has 27 heavy (non-hydrogen) atoms. The molecule has 0 atom stereocenters. The average molecular weight is 369 g/mol. The maximum Gasteiger partial charge on any atom is 0.163 e. The van der Waals surface area contributed by atoms with Gasteiger partial charge in [0, 0.05) is 31.3 Å². The van der Waals surface area contributed by atoms with Gasteiger partial charge in [-0.2, -0.15) is 10.2 Å². The van der Waals surface area contributed by atoms with Crippen LogP contribution in [-0.2, 0) is 11.3 Å². The van der Waals surface area contributed by atoms with Gasteiger partial charge < -0.3 is 10.1 Å². The summed E-state index contributed by atoms with van der Waals surface area (Å²) < 4.78 is 7.60. The lowest BCUT2D eigenvalue weighted by Gasteiger charge is -2.35. The Bertz CT molecular complexity index is 937. The predicted octanol–water partition coefficient (Wildman–Crippen LogP) is 3.68. The van der Waals surface area contributed by atoms with Crippen molar-refractivity contribution in [3.8, 4) is 0 Å². The Hall–Kier alpha value is -2.48. The average Bonchev–Trinajstić information content (AvgIpc) is 3.28. The second kappa shape index (κ2) is 6.92. The third-order valence-electron chi connectivity index (χ3n) is 5.67. The first-order valence-electron chi connectivity index (χ1n) is 9.59. The van der Waals surface area contributed by atoms with Gasteiger partial charge in [-0.05, 0) is 46.5 Å². The fourth-order valence-electron chi connectivity index (χ4n) is 3.78. The smallest absolute Gasteiger partial charge is 0.163 e. The molecule has 8 heteroatoms. The van der Waals surface area contributed by atoms with Crippen LogP contribution in [0.4, 0.5) is 11.6 Å². The summed E-state index contributed by atoms with van der Waals surface area (Å²) in [5.74, 6) is 2.73. The van der Waals surface area contributed by atoms with E-state index < -0.39 is 0 Å². The second-order valence-corrected chi connectivity index (χ2v) is 7.62. The summed E-state index contributed by atoms with van der Waals surface area (Å²) in [6, 6.07) is 1.96. The molecular formula is C19H27N7O. The van der Waals surface area contributed by atoms with Crippen molar-refractivity contribution < 1.29 is 4.74 Å². The maximum atomic E-state index is 5.68. The molecule has 0 radical (unpaired) electrons. The number of hydrogen-bond donors (Lipinski definition) is 2. The Labute approximate surface area is 158 Å². The van der Waals surface area contributed by atoms with Crippen molar-refractivity contribution in [1.82, 2.24) is 29.9 Å². The Morgan fingerprint density at radius 2 is 2.11 bits per heavy atom. The number of aromatic amines is 1. The van der Waals surface area contributed by atoms with Gasteiger partial charge in [-0.1, -0.05) is 0 Å². The topological polar surface area (TPSA) is 93.5 Å². The molecular weight excluding hydrogens is 342 g/mol. The summed E-state index contributed by atoms with van der Waals surface area (Å²) in [5.41, 5.74) is 1.84. The lowest BCUT2D eigenvalue weighted by atomic mass is 9.79. The summed E-state index contributed by atoms with van der Waals surface area (Å²) in [6.07, 6.45) is 5.91. The zero-order valence-electron chi connectivity index (χ0n) is 16.4.